The van der Waals surface area contributed by atoms with Crippen LogP contribution in [0, 0.1) is 0 Å². The Bertz CT molecular complexity index is 384. The molecule has 90 valence electrons. The molecule has 0 bridgehead atoms. The molecule has 0 aliphatic rings. The summed E-state index contributed by atoms with van der Waals surface area (Å²) in [6, 6.07) is 0. The zero-order valence-electron chi connectivity index (χ0n) is 8.23. The van der Waals surface area contributed by atoms with E-state index in [1.807, 2.05) is 0 Å². The zero-order valence-corrected chi connectivity index (χ0v) is 8.98. The molecule has 3 nitrogen and oxygen atoms in total. The van der Waals surface area contributed by atoms with Crippen LogP contribution in [0.25, 0.3) is 0 Å². The van der Waals surface area contributed by atoms with Gasteiger partial charge in [0.15, 0.2) is 0 Å². The Labute approximate surface area is 94.1 Å². The van der Waals surface area contributed by atoms with Crippen LogP contribution in [0.3, 0.4) is 0 Å². The number of esters is 1. The maximum atomic E-state index is 12.5. The Hall–Kier alpha value is -1.17. The van der Waals surface area contributed by atoms with Gasteiger partial charge in [-0.3, -0.25) is 0 Å². The number of halogens is 4. The minimum absolute atomic E-state index is 0.0248. The van der Waals surface area contributed by atoms with E-state index in [1.165, 1.54) is 6.92 Å². The molecule has 16 heavy (non-hydrogen) atoms. The second-order valence-corrected chi connectivity index (χ2v) is 3.08. The minimum Gasteiger partial charge on any atom is -0.462 e. The molecule has 0 aromatic carbocycles. The summed E-state index contributed by atoms with van der Waals surface area (Å²) in [4.78, 5) is 11.3. The molecule has 1 rings (SSSR count). The van der Waals surface area contributed by atoms with Crippen molar-refractivity contribution >= 4 is 17.6 Å². The summed E-state index contributed by atoms with van der Waals surface area (Å²) in [5, 5.41) is 0. The summed E-state index contributed by atoms with van der Waals surface area (Å²) in [7, 11) is 0. The van der Waals surface area contributed by atoms with Gasteiger partial charge in [-0.05, 0) is 6.92 Å². The van der Waals surface area contributed by atoms with Crippen LogP contribution in [0.15, 0.2) is 10.7 Å². The number of ether oxygens (including phenoxy) is 1. The molecule has 0 atom stereocenters. The Kier molecular flexibility index (Phi) is 3.85. The first kappa shape index (κ1) is 12.9. The lowest BCUT2D eigenvalue weighted by Crippen LogP contribution is -2.14. The molecular formula is C9H8ClF3O3. The molecule has 0 saturated heterocycles. The lowest BCUT2D eigenvalue weighted by atomic mass is 10.1. The van der Waals surface area contributed by atoms with Crippen molar-refractivity contribution in [2.24, 2.45) is 0 Å². The fourth-order valence-corrected chi connectivity index (χ4v) is 1.32. The van der Waals surface area contributed by atoms with Gasteiger partial charge in [0.1, 0.15) is 5.56 Å². The van der Waals surface area contributed by atoms with Crippen LogP contribution < -0.4 is 0 Å². The molecule has 0 saturated carbocycles. The third kappa shape index (κ3) is 2.49. The minimum atomic E-state index is -4.74. The van der Waals surface area contributed by atoms with Crippen LogP contribution in [0.1, 0.15) is 28.6 Å². The van der Waals surface area contributed by atoms with Crippen LogP contribution in [0.5, 0.6) is 0 Å². The van der Waals surface area contributed by atoms with E-state index in [-0.39, 0.29) is 18.1 Å². The van der Waals surface area contributed by atoms with Gasteiger partial charge in [0, 0.05) is 5.56 Å². The second kappa shape index (κ2) is 4.78. The van der Waals surface area contributed by atoms with E-state index in [9.17, 15) is 18.0 Å². The third-order valence-electron chi connectivity index (χ3n) is 1.75. The average Bonchev–Trinajstić information content (AvgIpc) is 2.60. The van der Waals surface area contributed by atoms with Gasteiger partial charge in [-0.1, -0.05) is 0 Å². The van der Waals surface area contributed by atoms with Crippen molar-refractivity contribution in [2.45, 2.75) is 19.0 Å². The molecule has 0 unspecified atom stereocenters. The molecule has 0 aliphatic carbocycles. The van der Waals surface area contributed by atoms with E-state index in [0.29, 0.717) is 0 Å². The SMILES string of the molecule is CCOC(=O)c1c(CCl)coc1C(F)(F)F. The maximum absolute atomic E-state index is 12.5. The summed E-state index contributed by atoms with van der Waals surface area (Å²) in [5.41, 5.74) is -0.684. The van der Waals surface area contributed by atoms with Crippen molar-refractivity contribution < 1.29 is 27.1 Å². The predicted molar refractivity (Wildman–Crippen MR) is 49.2 cm³/mol. The van der Waals surface area contributed by atoms with Gasteiger partial charge >= 0.3 is 12.1 Å². The summed E-state index contributed by atoms with van der Waals surface area (Å²) in [5.74, 6) is -2.71. The predicted octanol–water partition coefficient (Wildman–Crippen LogP) is 3.21. The molecule has 1 aromatic heterocycles. The Morgan fingerprint density at radius 2 is 2.19 bits per heavy atom. The highest BCUT2D eigenvalue weighted by atomic mass is 35.5. The number of rotatable bonds is 3. The number of furan rings is 1. The summed E-state index contributed by atoms with van der Waals surface area (Å²) in [6.07, 6.45) is -3.94. The van der Waals surface area contributed by atoms with Crippen molar-refractivity contribution in [1.29, 1.82) is 0 Å². The number of carbonyl (C=O) groups excluding carboxylic acids is 1. The molecule has 1 heterocycles. The van der Waals surface area contributed by atoms with Crippen molar-refractivity contribution in [2.75, 3.05) is 6.61 Å². The lowest BCUT2D eigenvalue weighted by Gasteiger charge is -2.06. The van der Waals surface area contributed by atoms with Gasteiger partial charge in [-0.15, -0.1) is 11.6 Å². The first-order chi connectivity index (χ1) is 7.41. The Morgan fingerprint density at radius 3 is 2.62 bits per heavy atom. The monoisotopic (exact) mass is 256 g/mol. The van der Waals surface area contributed by atoms with Crippen molar-refractivity contribution in [1.82, 2.24) is 0 Å². The van der Waals surface area contributed by atoms with E-state index < -0.39 is 23.5 Å². The van der Waals surface area contributed by atoms with Crippen molar-refractivity contribution in [3.8, 4) is 0 Å². The van der Waals surface area contributed by atoms with Gasteiger partial charge < -0.3 is 9.15 Å². The molecule has 1 aromatic rings. The fraction of sp³-hybridized carbons (Fsp3) is 0.444. The maximum Gasteiger partial charge on any atom is 0.450 e. The quantitative estimate of drug-likeness (QED) is 0.616. The summed E-state index contributed by atoms with van der Waals surface area (Å²) in [6.45, 7) is 1.47. The van der Waals surface area contributed by atoms with E-state index in [2.05, 4.69) is 9.15 Å². The molecule has 0 radical (unpaired) electrons. The first-order valence-corrected chi connectivity index (χ1v) is 4.85. The number of hydrogen-bond acceptors (Lipinski definition) is 3. The number of carbonyl (C=O) groups is 1. The third-order valence-corrected chi connectivity index (χ3v) is 2.04. The highest BCUT2D eigenvalue weighted by Gasteiger charge is 2.41. The van der Waals surface area contributed by atoms with E-state index >= 15 is 0 Å². The highest BCUT2D eigenvalue weighted by Crippen LogP contribution is 2.35. The summed E-state index contributed by atoms with van der Waals surface area (Å²) < 4.78 is 46.2. The second-order valence-electron chi connectivity index (χ2n) is 2.82. The molecule has 7 heteroatoms. The van der Waals surface area contributed by atoms with Crippen molar-refractivity contribution in [3.05, 3.63) is 23.2 Å². The van der Waals surface area contributed by atoms with E-state index in [0.717, 1.165) is 6.26 Å². The van der Waals surface area contributed by atoms with Gasteiger partial charge in [-0.2, -0.15) is 13.2 Å². The van der Waals surface area contributed by atoms with Crippen LogP contribution in [-0.2, 0) is 16.8 Å². The standard InChI is InChI=1S/C9H8ClF3O3/c1-2-15-8(14)6-5(3-10)4-16-7(6)9(11,12)13/h4H,2-3H2,1H3. The first-order valence-electron chi connectivity index (χ1n) is 4.32. The molecule has 0 N–H and O–H groups in total. The molecule has 0 spiro atoms. The van der Waals surface area contributed by atoms with Gasteiger partial charge in [-0.25, -0.2) is 4.79 Å². The van der Waals surface area contributed by atoms with Gasteiger partial charge in [0.25, 0.3) is 0 Å². The molecular weight excluding hydrogens is 249 g/mol. The average molecular weight is 257 g/mol. The topological polar surface area (TPSA) is 39.4 Å². The van der Waals surface area contributed by atoms with Crippen LogP contribution >= 0.6 is 11.6 Å². The summed E-state index contributed by atoms with van der Waals surface area (Å²) >= 11 is 5.40. The van der Waals surface area contributed by atoms with Gasteiger partial charge in [0.2, 0.25) is 5.76 Å². The Morgan fingerprint density at radius 1 is 1.56 bits per heavy atom. The zero-order chi connectivity index (χ0) is 12.3. The molecule has 0 amide bonds. The van der Waals surface area contributed by atoms with Crippen LogP contribution in [0.2, 0.25) is 0 Å². The fourth-order valence-electron chi connectivity index (χ4n) is 1.13. The number of alkyl halides is 4. The smallest absolute Gasteiger partial charge is 0.450 e. The molecule has 0 fully saturated rings. The lowest BCUT2D eigenvalue weighted by molar-refractivity contribution is -0.153. The van der Waals surface area contributed by atoms with Crippen molar-refractivity contribution in [3.63, 3.8) is 0 Å². The Balaban J connectivity index is 3.21. The van der Waals surface area contributed by atoms with Crippen LogP contribution in [-0.4, -0.2) is 12.6 Å². The van der Waals surface area contributed by atoms with Crippen LogP contribution in [0.4, 0.5) is 13.2 Å². The highest BCUT2D eigenvalue weighted by molar-refractivity contribution is 6.17. The number of hydrogen-bond donors (Lipinski definition) is 0. The molecule has 0 aliphatic heterocycles. The largest absolute Gasteiger partial charge is 0.462 e. The van der Waals surface area contributed by atoms with E-state index in [4.69, 9.17) is 11.6 Å². The van der Waals surface area contributed by atoms with E-state index in [1.54, 1.807) is 0 Å². The van der Waals surface area contributed by atoms with Gasteiger partial charge in [0.05, 0.1) is 18.8 Å². The normalized spacial score (nSPS) is 11.6.